The quantitative estimate of drug-likeness (QED) is 0.714. The maximum Gasteiger partial charge on any atom is 0.158 e. The van der Waals surface area contributed by atoms with Gasteiger partial charge in [-0.15, -0.1) is 10.2 Å². The fraction of sp³-hybridized carbons (Fsp3) is 0.250. The van der Waals surface area contributed by atoms with Gasteiger partial charge in [-0.25, -0.2) is 9.97 Å². The summed E-state index contributed by atoms with van der Waals surface area (Å²) in [5, 5.41) is 16.4. The van der Waals surface area contributed by atoms with Crippen LogP contribution in [0.25, 0.3) is 0 Å². The van der Waals surface area contributed by atoms with E-state index in [4.69, 9.17) is 5.11 Å². The molecule has 1 N–H and O–H groups in total. The molecule has 0 saturated heterocycles. The van der Waals surface area contributed by atoms with E-state index in [1.54, 1.807) is 23.2 Å². The van der Waals surface area contributed by atoms with E-state index in [1.165, 1.54) is 6.33 Å². The summed E-state index contributed by atoms with van der Waals surface area (Å²) in [6.07, 6.45) is 4.72. The molecule has 2 aromatic heterocycles. The molecule has 0 aliphatic carbocycles. The molecule has 0 aliphatic rings. The van der Waals surface area contributed by atoms with Crippen molar-refractivity contribution in [3.8, 4) is 0 Å². The van der Waals surface area contributed by atoms with Gasteiger partial charge < -0.3 is 9.67 Å². The number of hydrogen-bond acceptors (Lipinski definition) is 5. The molecule has 72 valence electrons. The van der Waals surface area contributed by atoms with Crippen LogP contribution in [0.15, 0.2) is 24.9 Å². The van der Waals surface area contributed by atoms with Crippen LogP contribution in [0, 0.1) is 0 Å². The molecule has 0 saturated carbocycles. The van der Waals surface area contributed by atoms with Crippen molar-refractivity contribution in [1.82, 2.24) is 24.7 Å². The highest BCUT2D eigenvalue weighted by molar-refractivity contribution is 5.00. The van der Waals surface area contributed by atoms with Gasteiger partial charge in [0.2, 0.25) is 0 Å². The van der Waals surface area contributed by atoms with Gasteiger partial charge in [0, 0.05) is 6.20 Å². The number of aromatic nitrogens is 5. The highest BCUT2D eigenvalue weighted by Crippen LogP contribution is 2.00. The summed E-state index contributed by atoms with van der Waals surface area (Å²) >= 11 is 0. The third-order valence-corrected chi connectivity index (χ3v) is 1.81. The topological polar surface area (TPSA) is 76.7 Å². The maximum atomic E-state index is 8.93. The van der Waals surface area contributed by atoms with Crippen molar-refractivity contribution in [3.05, 3.63) is 36.4 Å². The zero-order valence-electron chi connectivity index (χ0n) is 7.41. The molecule has 0 fully saturated rings. The standard InChI is InChI=1S/C8H9N5O/c14-4-8-12-11-6-13(8)3-7-1-2-9-5-10-7/h1-2,5-6,14H,3-4H2. The zero-order chi connectivity index (χ0) is 9.80. The lowest BCUT2D eigenvalue weighted by Gasteiger charge is -2.02. The van der Waals surface area contributed by atoms with Crippen LogP contribution in [0.2, 0.25) is 0 Å². The molecule has 0 amide bonds. The van der Waals surface area contributed by atoms with Crippen molar-refractivity contribution in [2.75, 3.05) is 0 Å². The number of hydrogen-bond donors (Lipinski definition) is 1. The third kappa shape index (κ3) is 1.74. The summed E-state index contributed by atoms with van der Waals surface area (Å²) in [4.78, 5) is 7.88. The van der Waals surface area contributed by atoms with E-state index in [-0.39, 0.29) is 6.61 Å². The summed E-state index contributed by atoms with van der Waals surface area (Å²) in [6, 6.07) is 1.81. The van der Waals surface area contributed by atoms with Crippen LogP contribution in [-0.2, 0) is 13.2 Å². The van der Waals surface area contributed by atoms with Crippen molar-refractivity contribution in [2.45, 2.75) is 13.2 Å². The van der Waals surface area contributed by atoms with Crippen molar-refractivity contribution in [1.29, 1.82) is 0 Å². The predicted molar refractivity (Wildman–Crippen MR) is 47.1 cm³/mol. The Bertz CT molecular complexity index is 399. The second kappa shape index (κ2) is 3.93. The lowest BCUT2D eigenvalue weighted by Crippen LogP contribution is -2.05. The van der Waals surface area contributed by atoms with E-state index in [1.807, 2.05) is 0 Å². The predicted octanol–water partition coefficient (Wildman–Crippen LogP) is -0.391. The Kier molecular flexibility index (Phi) is 2.46. The molecule has 14 heavy (non-hydrogen) atoms. The number of rotatable bonds is 3. The van der Waals surface area contributed by atoms with E-state index >= 15 is 0 Å². The molecule has 0 aromatic carbocycles. The Morgan fingerprint density at radius 2 is 2.36 bits per heavy atom. The number of nitrogens with zero attached hydrogens (tertiary/aromatic N) is 5. The average Bonchev–Trinajstić information content (AvgIpc) is 2.67. The third-order valence-electron chi connectivity index (χ3n) is 1.81. The molecule has 0 bridgehead atoms. The van der Waals surface area contributed by atoms with Crippen LogP contribution in [0.5, 0.6) is 0 Å². The van der Waals surface area contributed by atoms with E-state index in [9.17, 15) is 0 Å². The SMILES string of the molecule is OCc1nncn1Cc1ccncn1. The molecule has 0 aliphatic heterocycles. The van der Waals surface area contributed by atoms with E-state index < -0.39 is 0 Å². The van der Waals surface area contributed by atoms with Crippen LogP contribution in [0.3, 0.4) is 0 Å². The van der Waals surface area contributed by atoms with Gasteiger partial charge in [0.15, 0.2) is 5.82 Å². The number of aliphatic hydroxyl groups excluding tert-OH is 1. The van der Waals surface area contributed by atoms with E-state index in [0.29, 0.717) is 12.4 Å². The normalized spacial score (nSPS) is 10.4. The first-order valence-electron chi connectivity index (χ1n) is 4.12. The maximum absolute atomic E-state index is 8.93. The summed E-state index contributed by atoms with van der Waals surface area (Å²) < 4.78 is 1.74. The van der Waals surface area contributed by atoms with Gasteiger partial charge in [-0.05, 0) is 6.07 Å². The smallest absolute Gasteiger partial charge is 0.158 e. The van der Waals surface area contributed by atoms with Crippen LogP contribution < -0.4 is 0 Å². The van der Waals surface area contributed by atoms with Crippen molar-refractivity contribution in [3.63, 3.8) is 0 Å². The van der Waals surface area contributed by atoms with Gasteiger partial charge in [0.05, 0.1) is 12.2 Å². The minimum atomic E-state index is -0.120. The van der Waals surface area contributed by atoms with Gasteiger partial charge in [0.25, 0.3) is 0 Å². The minimum Gasteiger partial charge on any atom is -0.388 e. The highest BCUT2D eigenvalue weighted by atomic mass is 16.3. The van der Waals surface area contributed by atoms with Crippen LogP contribution in [0.4, 0.5) is 0 Å². The average molecular weight is 191 g/mol. The molecule has 0 radical (unpaired) electrons. The molecular weight excluding hydrogens is 182 g/mol. The Morgan fingerprint density at radius 3 is 3.07 bits per heavy atom. The molecule has 0 unspecified atom stereocenters. The lowest BCUT2D eigenvalue weighted by molar-refractivity contribution is 0.265. The van der Waals surface area contributed by atoms with E-state index in [0.717, 1.165) is 5.69 Å². The molecule has 2 aromatic rings. The molecule has 0 spiro atoms. The second-order valence-electron chi connectivity index (χ2n) is 2.73. The minimum absolute atomic E-state index is 0.120. The Balaban J connectivity index is 2.19. The summed E-state index contributed by atoms with van der Waals surface area (Å²) in [5.74, 6) is 0.531. The zero-order valence-corrected chi connectivity index (χ0v) is 7.41. The van der Waals surface area contributed by atoms with Gasteiger partial charge in [-0.1, -0.05) is 0 Å². The summed E-state index contributed by atoms with van der Waals surface area (Å²) in [5.41, 5.74) is 0.856. The van der Waals surface area contributed by atoms with Crippen molar-refractivity contribution in [2.24, 2.45) is 0 Å². The molecule has 2 rings (SSSR count). The van der Waals surface area contributed by atoms with Gasteiger partial charge >= 0.3 is 0 Å². The van der Waals surface area contributed by atoms with Crippen LogP contribution >= 0.6 is 0 Å². The van der Waals surface area contributed by atoms with Crippen molar-refractivity contribution < 1.29 is 5.11 Å². The Hall–Kier alpha value is -1.82. The molecule has 6 nitrogen and oxygen atoms in total. The molecule has 6 heteroatoms. The lowest BCUT2D eigenvalue weighted by atomic mass is 10.4. The largest absolute Gasteiger partial charge is 0.388 e. The van der Waals surface area contributed by atoms with Crippen LogP contribution in [-0.4, -0.2) is 29.8 Å². The second-order valence-corrected chi connectivity index (χ2v) is 2.73. The molecule has 2 heterocycles. The highest BCUT2D eigenvalue weighted by Gasteiger charge is 2.03. The van der Waals surface area contributed by atoms with E-state index in [2.05, 4.69) is 20.2 Å². The van der Waals surface area contributed by atoms with Crippen LogP contribution in [0.1, 0.15) is 11.5 Å². The first-order valence-corrected chi connectivity index (χ1v) is 4.12. The first kappa shape index (κ1) is 8.76. The van der Waals surface area contributed by atoms with Gasteiger partial charge in [-0.3, -0.25) is 0 Å². The van der Waals surface area contributed by atoms with Crippen molar-refractivity contribution >= 4 is 0 Å². The van der Waals surface area contributed by atoms with Gasteiger partial charge in [-0.2, -0.15) is 0 Å². The Labute approximate surface area is 80.3 Å². The fourth-order valence-electron chi connectivity index (χ4n) is 1.12. The summed E-state index contributed by atoms with van der Waals surface area (Å²) in [6.45, 7) is 0.427. The monoisotopic (exact) mass is 191 g/mol. The molecule has 0 atom stereocenters. The molecular formula is C8H9N5O. The summed E-state index contributed by atoms with van der Waals surface area (Å²) in [7, 11) is 0. The first-order chi connectivity index (χ1) is 6.90. The number of aliphatic hydroxyl groups is 1. The Morgan fingerprint density at radius 1 is 1.43 bits per heavy atom. The van der Waals surface area contributed by atoms with Gasteiger partial charge in [0.1, 0.15) is 19.3 Å². The fourth-order valence-corrected chi connectivity index (χ4v) is 1.12.